The molecule has 0 aromatic carbocycles. The number of H-pyrrole nitrogens is 1. The summed E-state index contributed by atoms with van der Waals surface area (Å²) < 4.78 is 7.66. The fourth-order valence-electron chi connectivity index (χ4n) is 2.77. The second-order valence-corrected chi connectivity index (χ2v) is 5.19. The first-order valence-electron chi connectivity index (χ1n) is 6.39. The summed E-state index contributed by atoms with van der Waals surface area (Å²) in [6, 6.07) is -0.0189. The van der Waals surface area contributed by atoms with Crippen molar-refractivity contribution in [3.63, 3.8) is 0 Å². The lowest BCUT2D eigenvalue weighted by molar-refractivity contribution is 0.0764. The standard InChI is InChI=1S/C12H16N4O2S/c1-18-11-9-10(13-6-14-11)16(12(19)15-9)7-4-2-3-5-8(7)17/h6-8,17H,2-5H2,1H3,(H,15,19). The Morgan fingerprint density at radius 2 is 2.21 bits per heavy atom. The zero-order valence-electron chi connectivity index (χ0n) is 10.7. The smallest absolute Gasteiger partial charge is 0.242 e. The summed E-state index contributed by atoms with van der Waals surface area (Å²) in [4.78, 5) is 11.4. The molecule has 2 unspecified atom stereocenters. The van der Waals surface area contributed by atoms with E-state index in [0.29, 0.717) is 21.8 Å². The largest absolute Gasteiger partial charge is 0.479 e. The van der Waals surface area contributed by atoms with Crippen LogP contribution in [0.1, 0.15) is 31.7 Å². The Bertz CT molecular complexity index is 651. The van der Waals surface area contributed by atoms with E-state index in [1.165, 1.54) is 6.33 Å². The minimum Gasteiger partial charge on any atom is -0.479 e. The van der Waals surface area contributed by atoms with Gasteiger partial charge in [-0.1, -0.05) is 12.8 Å². The van der Waals surface area contributed by atoms with Gasteiger partial charge in [0.15, 0.2) is 10.4 Å². The van der Waals surface area contributed by atoms with Crippen LogP contribution in [0.2, 0.25) is 0 Å². The van der Waals surface area contributed by atoms with Crippen molar-refractivity contribution in [3.8, 4) is 5.88 Å². The highest BCUT2D eigenvalue weighted by Crippen LogP contribution is 2.32. The van der Waals surface area contributed by atoms with Crippen LogP contribution < -0.4 is 4.74 Å². The maximum atomic E-state index is 10.2. The fourth-order valence-corrected chi connectivity index (χ4v) is 3.10. The molecule has 102 valence electrons. The number of rotatable bonds is 2. The highest BCUT2D eigenvalue weighted by molar-refractivity contribution is 7.71. The second kappa shape index (κ2) is 4.90. The van der Waals surface area contributed by atoms with Gasteiger partial charge in [-0.3, -0.25) is 4.57 Å². The summed E-state index contributed by atoms with van der Waals surface area (Å²) in [6.45, 7) is 0. The molecule has 6 nitrogen and oxygen atoms in total. The number of hydrogen-bond acceptors (Lipinski definition) is 5. The van der Waals surface area contributed by atoms with Crippen LogP contribution in [0.3, 0.4) is 0 Å². The van der Waals surface area contributed by atoms with Gasteiger partial charge in [0.1, 0.15) is 11.8 Å². The van der Waals surface area contributed by atoms with Crippen LogP contribution in [-0.2, 0) is 0 Å². The number of nitrogens with one attached hydrogen (secondary N) is 1. The number of aromatic amines is 1. The van der Waals surface area contributed by atoms with Crippen molar-refractivity contribution in [2.24, 2.45) is 0 Å². The fraction of sp³-hybridized carbons (Fsp3) is 0.583. The molecule has 0 radical (unpaired) electrons. The third kappa shape index (κ3) is 2.02. The normalized spacial score (nSPS) is 23.7. The van der Waals surface area contributed by atoms with Crippen molar-refractivity contribution < 1.29 is 9.84 Å². The van der Waals surface area contributed by atoms with Crippen molar-refractivity contribution in [2.75, 3.05) is 7.11 Å². The Kier molecular flexibility index (Phi) is 3.24. The Morgan fingerprint density at radius 1 is 1.42 bits per heavy atom. The Hall–Kier alpha value is -1.47. The molecular weight excluding hydrogens is 264 g/mol. The van der Waals surface area contributed by atoms with E-state index in [1.807, 2.05) is 4.57 Å². The zero-order chi connectivity index (χ0) is 13.4. The Balaban J connectivity index is 2.18. The van der Waals surface area contributed by atoms with Crippen molar-refractivity contribution in [1.29, 1.82) is 0 Å². The molecule has 2 N–H and O–H groups in total. The maximum Gasteiger partial charge on any atom is 0.242 e. The van der Waals surface area contributed by atoms with Gasteiger partial charge in [-0.25, -0.2) is 4.98 Å². The summed E-state index contributed by atoms with van der Waals surface area (Å²) in [5, 5.41) is 10.2. The molecule has 19 heavy (non-hydrogen) atoms. The van der Waals surface area contributed by atoms with Crippen molar-refractivity contribution in [2.45, 2.75) is 37.8 Å². The van der Waals surface area contributed by atoms with Gasteiger partial charge in [0.2, 0.25) is 5.88 Å². The highest BCUT2D eigenvalue weighted by Gasteiger charge is 2.27. The van der Waals surface area contributed by atoms with E-state index in [-0.39, 0.29) is 12.1 Å². The van der Waals surface area contributed by atoms with E-state index in [2.05, 4.69) is 15.0 Å². The van der Waals surface area contributed by atoms with Crippen LogP contribution in [0.25, 0.3) is 11.2 Å². The maximum absolute atomic E-state index is 10.2. The number of aromatic nitrogens is 4. The highest BCUT2D eigenvalue weighted by atomic mass is 32.1. The molecule has 0 bridgehead atoms. The minimum atomic E-state index is -0.375. The molecule has 0 saturated heterocycles. The third-order valence-corrected chi connectivity index (χ3v) is 3.99. The quantitative estimate of drug-likeness (QED) is 0.823. The molecular formula is C12H16N4O2S. The van der Waals surface area contributed by atoms with Crippen LogP contribution in [0.15, 0.2) is 6.33 Å². The summed E-state index contributed by atoms with van der Waals surface area (Å²) in [5.41, 5.74) is 1.38. The van der Waals surface area contributed by atoms with Gasteiger partial charge in [-0.15, -0.1) is 0 Å². The molecule has 2 heterocycles. The first-order valence-corrected chi connectivity index (χ1v) is 6.80. The lowest BCUT2D eigenvalue weighted by atomic mass is 9.92. The topological polar surface area (TPSA) is 76.0 Å². The second-order valence-electron chi connectivity index (χ2n) is 4.80. The van der Waals surface area contributed by atoms with Crippen LogP contribution in [0.5, 0.6) is 5.88 Å². The predicted octanol–water partition coefficient (Wildman–Crippen LogP) is 1.97. The van der Waals surface area contributed by atoms with Gasteiger partial charge >= 0.3 is 0 Å². The number of hydrogen-bond donors (Lipinski definition) is 2. The van der Waals surface area contributed by atoms with Crippen molar-refractivity contribution in [3.05, 3.63) is 11.1 Å². The number of nitrogens with zero attached hydrogens (tertiary/aromatic N) is 3. The summed E-state index contributed by atoms with van der Waals surface area (Å²) in [6.07, 6.45) is 4.95. The van der Waals surface area contributed by atoms with Crippen LogP contribution in [0.4, 0.5) is 0 Å². The van der Waals surface area contributed by atoms with E-state index in [9.17, 15) is 5.11 Å². The molecule has 0 amide bonds. The molecule has 2 atom stereocenters. The molecule has 2 aromatic rings. The van der Waals surface area contributed by atoms with Gasteiger partial charge in [-0.2, -0.15) is 4.98 Å². The summed E-state index contributed by atoms with van der Waals surface area (Å²) in [5.74, 6) is 0.472. The molecule has 2 aromatic heterocycles. The first kappa shape index (κ1) is 12.6. The van der Waals surface area contributed by atoms with E-state index in [1.54, 1.807) is 7.11 Å². The van der Waals surface area contributed by atoms with Gasteiger partial charge in [-0.05, 0) is 25.1 Å². The number of aliphatic hydroxyl groups excluding tert-OH is 1. The van der Waals surface area contributed by atoms with E-state index in [4.69, 9.17) is 17.0 Å². The summed E-state index contributed by atoms with van der Waals surface area (Å²) >= 11 is 5.37. The van der Waals surface area contributed by atoms with E-state index >= 15 is 0 Å². The molecule has 1 aliphatic rings. The van der Waals surface area contributed by atoms with Crippen LogP contribution >= 0.6 is 12.2 Å². The van der Waals surface area contributed by atoms with Gasteiger partial charge in [0.05, 0.1) is 19.3 Å². The number of imidazole rings is 1. The molecule has 0 aliphatic heterocycles. The monoisotopic (exact) mass is 280 g/mol. The van der Waals surface area contributed by atoms with E-state index < -0.39 is 0 Å². The zero-order valence-corrected chi connectivity index (χ0v) is 11.5. The number of methoxy groups -OCH3 is 1. The van der Waals surface area contributed by atoms with Gasteiger partial charge in [0, 0.05) is 0 Å². The SMILES string of the molecule is COc1ncnc2c1[nH]c(=S)n2C1CCCCC1O. The van der Waals surface area contributed by atoms with Gasteiger partial charge in [0.25, 0.3) is 0 Å². The van der Waals surface area contributed by atoms with E-state index in [0.717, 1.165) is 25.7 Å². The Labute approximate surface area is 115 Å². The third-order valence-electron chi connectivity index (χ3n) is 3.69. The van der Waals surface area contributed by atoms with Crippen molar-refractivity contribution in [1.82, 2.24) is 19.5 Å². The molecule has 1 saturated carbocycles. The predicted molar refractivity (Wildman–Crippen MR) is 72.8 cm³/mol. The summed E-state index contributed by atoms with van der Waals surface area (Å²) in [7, 11) is 1.56. The average Bonchev–Trinajstić information content (AvgIpc) is 2.75. The molecule has 3 rings (SSSR count). The molecule has 1 fully saturated rings. The Morgan fingerprint density at radius 3 is 2.95 bits per heavy atom. The minimum absolute atomic E-state index is 0.0189. The molecule has 0 spiro atoms. The average molecular weight is 280 g/mol. The number of aliphatic hydroxyl groups is 1. The van der Waals surface area contributed by atoms with Crippen LogP contribution in [-0.4, -0.2) is 37.8 Å². The van der Waals surface area contributed by atoms with Crippen LogP contribution in [0, 0.1) is 4.77 Å². The number of ether oxygens (including phenoxy) is 1. The number of fused-ring (bicyclic) bond motifs is 1. The lowest BCUT2D eigenvalue weighted by Gasteiger charge is -2.28. The lowest BCUT2D eigenvalue weighted by Crippen LogP contribution is -2.27. The first-order chi connectivity index (χ1) is 9.22. The molecule has 7 heteroatoms. The van der Waals surface area contributed by atoms with Gasteiger partial charge < -0.3 is 14.8 Å². The molecule has 1 aliphatic carbocycles. The van der Waals surface area contributed by atoms with Crippen molar-refractivity contribution >= 4 is 23.4 Å².